The van der Waals surface area contributed by atoms with Crippen LogP contribution >= 0.6 is 23.8 Å². The van der Waals surface area contributed by atoms with Crippen molar-refractivity contribution in [2.45, 2.75) is 6.67 Å². The van der Waals surface area contributed by atoms with Gasteiger partial charge in [0, 0.05) is 5.37 Å². The molecule has 0 saturated heterocycles. The first-order chi connectivity index (χ1) is 9.63. The molecule has 1 amide bonds. The summed E-state index contributed by atoms with van der Waals surface area (Å²) in [6, 6.07) is 7.20. The summed E-state index contributed by atoms with van der Waals surface area (Å²) in [4.78, 5) is 22.8. The lowest BCUT2D eigenvalue weighted by atomic mass is 10.1. The van der Waals surface area contributed by atoms with Crippen molar-refractivity contribution >= 4 is 35.1 Å². The number of alkyl halides is 1. The topological polar surface area (TPSA) is 64.2 Å². The summed E-state index contributed by atoms with van der Waals surface area (Å²) in [5.74, 6) is -0.480. The number of nitrogens with zero attached hydrogens (tertiary/aromatic N) is 1. The fourth-order valence-corrected chi connectivity index (χ4v) is 1.86. The van der Waals surface area contributed by atoms with Crippen molar-refractivity contribution in [1.29, 1.82) is 0 Å². The smallest absolute Gasteiger partial charge is 0.335 e. The molecule has 0 aliphatic carbocycles. The Bertz CT molecular complexity index is 676. The number of halogens is 1. The maximum atomic E-state index is 11.8. The Hall–Kier alpha value is -1.92. The maximum absolute atomic E-state index is 11.8. The van der Waals surface area contributed by atoms with Gasteiger partial charge < -0.3 is 9.84 Å². The van der Waals surface area contributed by atoms with Gasteiger partial charge in [0.15, 0.2) is 0 Å². The van der Waals surface area contributed by atoms with Crippen LogP contribution in [0.5, 0.6) is 0 Å². The van der Waals surface area contributed by atoms with Crippen LogP contribution in [0, 0.1) is 0 Å². The predicted octanol–water partition coefficient (Wildman–Crippen LogP) is 1.77. The van der Waals surface area contributed by atoms with Crippen LogP contribution in [0.4, 0.5) is 0 Å². The molecule has 20 heavy (non-hydrogen) atoms. The van der Waals surface area contributed by atoms with Gasteiger partial charge in [-0.05, 0) is 11.1 Å². The van der Waals surface area contributed by atoms with E-state index in [9.17, 15) is 9.59 Å². The Morgan fingerprint density at radius 2 is 2.10 bits per heavy atom. The van der Waals surface area contributed by atoms with Crippen LogP contribution < -0.4 is 10.9 Å². The lowest BCUT2D eigenvalue weighted by Gasteiger charge is -2.01. The van der Waals surface area contributed by atoms with Crippen LogP contribution in [0.2, 0.25) is 0 Å². The molecule has 0 saturated carbocycles. The number of carbonyl (C=O) groups excluding carboxylic acids is 1. The highest BCUT2D eigenvalue weighted by atomic mass is 35.5. The fraction of sp³-hybridized carbons (Fsp3) is 0.154. The van der Waals surface area contributed by atoms with Gasteiger partial charge >= 0.3 is 5.63 Å². The van der Waals surface area contributed by atoms with Crippen molar-refractivity contribution in [2.75, 3.05) is 5.88 Å². The molecule has 7 heteroatoms. The van der Waals surface area contributed by atoms with Crippen molar-refractivity contribution in [3.63, 3.8) is 0 Å². The van der Waals surface area contributed by atoms with Gasteiger partial charge in [-0.25, -0.2) is 4.79 Å². The van der Waals surface area contributed by atoms with E-state index in [4.69, 9.17) is 28.3 Å². The van der Waals surface area contributed by atoms with Crippen molar-refractivity contribution < 1.29 is 9.32 Å². The zero-order chi connectivity index (χ0) is 14.5. The molecular weight excluding hydrogens is 300 g/mol. The summed E-state index contributed by atoms with van der Waals surface area (Å²) >= 11 is 10.2. The number of thiocarbonyl (C=S) groups is 1. The summed E-state index contributed by atoms with van der Waals surface area (Å²) in [5, 5.41) is 4.05. The van der Waals surface area contributed by atoms with Gasteiger partial charge in [0.05, 0.1) is 11.8 Å². The molecule has 1 heterocycles. The average Bonchev–Trinajstić information content (AvgIpc) is 2.86. The summed E-state index contributed by atoms with van der Waals surface area (Å²) in [6.45, 7) is 0.0544. The van der Waals surface area contributed by atoms with Gasteiger partial charge in [-0.15, -0.1) is 11.6 Å². The number of aromatic nitrogens is 1. The molecule has 104 valence electrons. The number of amides is 1. The quantitative estimate of drug-likeness (QED) is 0.675. The van der Waals surface area contributed by atoms with Crippen LogP contribution in [0.15, 0.2) is 39.8 Å². The molecule has 2 aromatic rings. The normalized spacial score (nSPS) is 10.2. The summed E-state index contributed by atoms with van der Waals surface area (Å²) < 4.78 is 6.24. The second-order valence-electron chi connectivity index (χ2n) is 3.97. The van der Waals surface area contributed by atoms with Crippen LogP contribution in [0.25, 0.3) is 11.1 Å². The Kier molecular flexibility index (Phi) is 4.70. The van der Waals surface area contributed by atoms with Gasteiger partial charge in [0.1, 0.15) is 12.5 Å². The van der Waals surface area contributed by atoms with E-state index < -0.39 is 5.63 Å². The van der Waals surface area contributed by atoms with Crippen molar-refractivity contribution in [1.82, 2.24) is 10.1 Å². The lowest BCUT2D eigenvalue weighted by Crippen LogP contribution is -2.26. The molecule has 0 aliphatic rings. The SMILES string of the molecule is O=C(CCl)NCn1cc(-c2ccc(C=S)cc2)c(=O)o1. The number of benzene rings is 1. The maximum Gasteiger partial charge on any atom is 0.365 e. The minimum Gasteiger partial charge on any atom is -0.335 e. The Morgan fingerprint density at radius 1 is 1.40 bits per heavy atom. The molecule has 0 radical (unpaired) electrons. The van der Waals surface area contributed by atoms with E-state index >= 15 is 0 Å². The van der Waals surface area contributed by atoms with Gasteiger partial charge in [-0.2, -0.15) is 4.74 Å². The Balaban J connectivity index is 2.20. The van der Waals surface area contributed by atoms with Crippen LogP contribution in [-0.2, 0) is 11.5 Å². The summed E-state index contributed by atoms with van der Waals surface area (Å²) in [7, 11) is 0. The number of hydrogen-bond acceptors (Lipinski definition) is 4. The van der Waals surface area contributed by atoms with E-state index in [-0.39, 0.29) is 18.5 Å². The zero-order valence-electron chi connectivity index (χ0n) is 10.3. The average molecular weight is 311 g/mol. The number of hydrogen-bond donors (Lipinski definition) is 1. The highest BCUT2D eigenvalue weighted by molar-refractivity contribution is 7.79. The van der Waals surface area contributed by atoms with E-state index in [1.807, 2.05) is 12.1 Å². The van der Waals surface area contributed by atoms with Gasteiger partial charge in [-0.1, -0.05) is 36.5 Å². The summed E-state index contributed by atoms with van der Waals surface area (Å²) in [6.07, 6.45) is 1.53. The molecule has 1 aromatic heterocycles. The third-order valence-electron chi connectivity index (χ3n) is 2.60. The van der Waals surface area contributed by atoms with Gasteiger partial charge in [-0.3, -0.25) is 4.79 Å². The van der Waals surface area contributed by atoms with Crippen LogP contribution in [0.3, 0.4) is 0 Å². The molecule has 0 aliphatic heterocycles. The molecule has 5 nitrogen and oxygen atoms in total. The minimum absolute atomic E-state index is 0.0544. The van der Waals surface area contributed by atoms with E-state index in [1.165, 1.54) is 10.9 Å². The van der Waals surface area contributed by atoms with E-state index in [0.29, 0.717) is 5.56 Å². The molecule has 0 spiro atoms. The van der Waals surface area contributed by atoms with E-state index in [0.717, 1.165) is 11.1 Å². The molecule has 2 rings (SSSR count). The molecule has 0 fully saturated rings. The summed E-state index contributed by atoms with van der Waals surface area (Å²) in [5.41, 5.74) is 1.56. The Morgan fingerprint density at radius 3 is 2.70 bits per heavy atom. The number of rotatable bonds is 5. The van der Waals surface area contributed by atoms with Crippen LogP contribution in [0.1, 0.15) is 5.56 Å². The molecule has 0 bridgehead atoms. The number of nitrogens with one attached hydrogen (secondary N) is 1. The fourth-order valence-electron chi connectivity index (χ4n) is 1.60. The molecular formula is C13H11ClN2O3S. The third kappa shape index (κ3) is 3.34. The monoisotopic (exact) mass is 310 g/mol. The standard InChI is InChI=1S/C13H11ClN2O3S/c14-5-12(17)15-8-16-6-11(13(18)19-16)10-3-1-9(7-20)2-4-10/h1-4,6-7H,5,8H2,(H,15,17). The zero-order valence-corrected chi connectivity index (χ0v) is 11.9. The molecule has 1 N–H and O–H groups in total. The Labute approximate surface area is 125 Å². The predicted molar refractivity (Wildman–Crippen MR) is 80.0 cm³/mol. The first-order valence-corrected chi connectivity index (χ1v) is 6.73. The molecule has 0 unspecified atom stereocenters. The van der Waals surface area contributed by atoms with Crippen molar-refractivity contribution in [3.8, 4) is 11.1 Å². The second kappa shape index (κ2) is 6.49. The van der Waals surface area contributed by atoms with Crippen molar-refractivity contribution in [3.05, 3.63) is 46.4 Å². The molecule has 0 atom stereocenters. The lowest BCUT2D eigenvalue weighted by molar-refractivity contribution is -0.119. The minimum atomic E-state index is -0.472. The third-order valence-corrected chi connectivity index (χ3v) is 3.12. The first-order valence-electron chi connectivity index (χ1n) is 5.73. The largest absolute Gasteiger partial charge is 0.365 e. The van der Waals surface area contributed by atoms with Gasteiger partial charge in [0.25, 0.3) is 0 Å². The van der Waals surface area contributed by atoms with E-state index in [2.05, 4.69) is 5.32 Å². The first kappa shape index (κ1) is 14.5. The molecule has 1 aromatic carbocycles. The van der Waals surface area contributed by atoms with Gasteiger partial charge in [0.2, 0.25) is 5.91 Å². The van der Waals surface area contributed by atoms with Crippen molar-refractivity contribution in [2.24, 2.45) is 0 Å². The van der Waals surface area contributed by atoms with E-state index in [1.54, 1.807) is 17.5 Å². The highest BCUT2D eigenvalue weighted by Gasteiger charge is 2.09. The second-order valence-corrected chi connectivity index (χ2v) is 4.47. The van der Waals surface area contributed by atoms with Crippen LogP contribution in [-0.4, -0.2) is 21.9 Å². The number of carbonyl (C=O) groups is 1. The highest BCUT2D eigenvalue weighted by Crippen LogP contribution is 2.16.